The van der Waals surface area contributed by atoms with Crippen LogP contribution < -0.4 is 0 Å². The van der Waals surface area contributed by atoms with E-state index in [1.54, 1.807) is 0 Å². The van der Waals surface area contributed by atoms with Gasteiger partial charge in [0.2, 0.25) is 0 Å². The summed E-state index contributed by atoms with van der Waals surface area (Å²) in [6.07, 6.45) is 10.6. The van der Waals surface area contributed by atoms with Crippen molar-refractivity contribution in [1.29, 1.82) is 5.26 Å². The van der Waals surface area contributed by atoms with E-state index >= 15 is 0 Å². The average Bonchev–Trinajstić information content (AvgIpc) is 4.01. The van der Waals surface area contributed by atoms with Gasteiger partial charge in [-0.1, -0.05) is 166 Å². The van der Waals surface area contributed by atoms with Crippen LogP contribution in [0.15, 0.2) is 229 Å². The molecular formula is C65H57N5. The molecule has 10 aromatic rings. The van der Waals surface area contributed by atoms with Crippen molar-refractivity contribution in [3.63, 3.8) is 0 Å². The second-order valence-corrected chi connectivity index (χ2v) is 18.9. The van der Waals surface area contributed by atoms with Crippen LogP contribution in [-0.4, -0.2) is 18.6 Å². The van der Waals surface area contributed by atoms with Gasteiger partial charge in [0.05, 0.1) is 44.4 Å². The van der Waals surface area contributed by atoms with E-state index < -0.39 is 5.54 Å². The lowest BCUT2D eigenvalue weighted by molar-refractivity contribution is 0.351. The van der Waals surface area contributed by atoms with Gasteiger partial charge in [-0.2, -0.15) is 5.26 Å². The SMILES string of the molecule is C=C1C=CCC(CC)=C(C)N1C(/C(C#N)=C(\C)n1c2ccccc2c2ccccc21)=C(\c1ccccc1)C(C)(C(C)/C=C\C)n1c2ccccc2c2ccc3c(c4ccccc4n3-c3ccccc3)c21. The number of para-hydroxylation sites is 5. The molecule has 3 aromatic heterocycles. The monoisotopic (exact) mass is 907 g/mol. The van der Waals surface area contributed by atoms with Crippen LogP contribution in [0.25, 0.3) is 82.4 Å². The van der Waals surface area contributed by atoms with Gasteiger partial charge in [-0.3, -0.25) is 0 Å². The minimum absolute atomic E-state index is 0.126. The van der Waals surface area contributed by atoms with Crippen molar-refractivity contribution in [2.75, 3.05) is 0 Å². The van der Waals surface area contributed by atoms with Crippen molar-refractivity contribution in [2.45, 2.75) is 59.9 Å². The minimum atomic E-state index is -0.888. The van der Waals surface area contributed by atoms with Gasteiger partial charge in [0, 0.05) is 72.1 Å². The normalized spacial score (nSPS) is 15.6. The van der Waals surface area contributed by atoms with Gasteiger partial charge >= 0.3 is 0 Å². The third kappa shape index (κ3) is 6.66. The summed E-state index contributed by atoms with van der Waals surface area (Å²) >= 11 is 0. The van der Waals surface area contributed by atoms with Crippen molar-refractivity contribution >= 4 is 76.7 Å². The molecular weight excluding hydrogens is 851 g/mol. The maximum Gasteiger partial charge on any atom is 0.103 e. The molecule has 2 unspecified atom stereocenters. The van der Waals surface area contributed by atoms with Crippen LogP contribution in [0.4, 0.5) is 0 Å². The Morgan fingerprint density at radius 1 is 0.700 bits per heavy atom. The molecule has 0 saturated carbocycles. The van der Waals surface area contributed by atoms with Crippen LogP contribution >= 0.6 is 0 Å². The Hall–Kier alpha value is -8.33. The van der Waals surface area contributed by atoms with Crippen LogP contribution in [0.1, 0.15) is 59.9 Å². The Kier molecular flexibility index (Phi) is 11.1. The predicted octanol–water partition coefficient (Wildman–Crippen LogP) is 17.3. The second kappa shape index (κ2) is 17.6. The molecule has 0 aliphatic carbocycles. The summed E-state index contributed by atoms with van der Waals surface area (Å²) in [4.78, 5) is 2.33. The lowest BCUT2D eigenvalue weighted by atomic mass is 9.74. The number of fused-ring (bicyclic) bond motifs is 10. The Labute approximate surface area is 410 Å². The van der Waals surface area contributed by atoms with Crippen molar-refractivity contribution < 1.29 is 0 Å². The fourth-order valence-electron chi connectivity index (χ4n) is 11.8. The van der Waals surface area contributed by atoms with Crippen LogP contribution in [0.2, 0.25) is 0 Å². The zero-order chi connectivity index (χ0) is 48.3. The zero-order valence-corrected chi connectivity index (χ0v) is 40.9. The first-order valence-electron chi connectivity index (χ1n) is 24.6. The Morgan fingerprint density at radius 2 is 1.26 bits per heavy atom. The van der Waals surface area contributed by atoms with Gasteiger partial charge in [0.25, 0.3) is 0 Å². The molecule has 0 amide bonds. The van der Waals surface area contributed by atoms with E-state index in [0.29, 0.717) is 5.57 Å². The van der Waals surface area contributed by atoms with E-state index in [2.05, 4.69) is 260 Å². The van der Waals surface area contributed by atoms with Crippen molar-refractivity contribution in [3.05, 3.63) is 235 Å². The minimum Gasteiger partial charge on any atom is -0.329 e. The van der Waals surface area contributed by atoms with Gasteiger partial charge in [0.1, 0.15) is 6.07 Å². The lowest BCUT2D eigenvalue weighted by Crippen LogP contribution is -2.40. The quantitative estimate of drug-likeness (QED) is 0.0779. The van der Waals surface area contributed by atoms with Crippen molar-refractivity contribution in [2.24, 2.45) is 5.92 Å². The zero-order valence-electron chi connectivity index (χ0n) is 40.9. The number of allylic oxidation sites excluding steroid dienone is 9. The molecule has 0 fully saturated rings. The Balaban J connectivity index is 1.40. The molecule has 4 heterocycles. The largest absolute Gasteiger partial charge is 0.329 e. The highest BCUT2D eigenvalue weighted by molar-refractivity contribution is 6.26. The van der Waals surface area contributed by atoms with E-state index in [1.165, 1.54) is 27.1 Å². The average molecular weight is 908 g/mol. The number of rotatable bonds is 10. The molecule has 7 aromatic carbocycles. The maximum atomic E-state index is 12.3. The fourth-order valence-corrected chi connectivity index (χ4v) is 11.8. The number of nitriles is 1. The molecule has 5 nitrogen and oxygen atoms in total. The summed E-state index contributed by atoms with van der Waals surface area (Å²) in [5.74, 6) is -0.126. The van der Waals surface area contributed by atoms with Gasteiger partial charge in [-0.05, 0) is 100 Å². The summed E-state index contributed by atoms with van der Waals surface area (Å²) in [6.45, 7) is 18.3. The van der Waals surface area contributed by atoms with Crippen LogP contribution in [-0.2, 0) is 5.54 Å². The third-order valence-electron chi connectivity index (χ3n) is 15.2. The van der Waals surface area contributed by atoms with Crippen LogP contribution in [0.5, 0.6) is 0 Å². The van der Waals surface area contributed by atoms with Gasteiger partial charge < -0.3 is 18.6 Å². The van der Waals surface area contributed by atoms with Gasteiger partial charge in [0.15, 0.2) is 0 Å². The van der Waals surface area contributed by atoms with Crippen molar-refractivity contribution in [3.8, 4) is 11.8 Å². The lowest BCUT2D eigenvalue weighted by Gasteiger charge is -2.44. The summed E-state index contributed by atoms with van der Waals surface area (Å²) in [6, 6.07) is 64.0. The molecule has 0 spiro atoms. The fraction of sp³-hybridized carbons (Fsp3) is 0.154. The predicted molar refractivity (Wildman–Crippen MR) is 296 cm³/mol. The maximum absolute atomic E-state index is 12.3. The van der Waals surface area contributed by atoms with E-state index in [0.717, 1.165) is 96.3 Å². The molecule has 0 radical (unpaired) electrons. The molecule has 0 saturated heterocycles. The van der Waals surface area contributed by atoms with Gasteiger partial charge in [-0.15, -0.1) is 0 Å². The van der Waals surface area contributed by atoms with Crippen LogP contribution in [0, 0.1) is 17.2 Å². The Morgan fingerprint density at radius 3 is 1.87 bits per heavy atom. The first kappa shape index (κ1) is 44.2. The molecule has 342 valence electrons. The highest BCUT2D eigenvalue weighted by Crippen LogP contribution is 2.53. The molecule has 0 N–H and O–H groups in total. The molecule has 0 bridgehead atoms. The van der Waals surface area contributed by atoms with Gasteiger partial charge in [-0.25, -0.2) is 0 Å². The molecule has 1 aliphatic heterocycles. The number of hydrogen-bond acceptors (Lipinski definition) is 2. The summed E-state index contributed by atoms with van der Waals surface area (Å²) in [5.41, 5.74) is 14.3. The standard InChI is InChI=1S/C65H57N5/c1-8-25-43(3)65(7,70-59-39-23-18-34-52(59)53-40-41-60-61(63(53)70)54-35-19-22-38-58(54)69(60)49-30-14-11-15-31-49)62(48-27-12-10-13-28-48)64(67-44(4)26-24-29-47(9-2)45(67)5)55(42-66)46(6)68-56-36-20-16-32-50(56)51-33-17-21-37-57(51)68/h8,10-28,30-41,43H,4,9,29H2,1-3,5-7H3/b25-8-,55-46+,64-62+. The van der Waals surface area contributed by atoms with E-state index in [1.807, 2.05) is 0 Å². The first-order valence-corrected chi connectivity index (χ1v) is 24.6. The number of hydrogen-bond donors (Lipinski definition) is 0. The molecule has 70 heavy (non-hydrogen) atoms. The smallest absolute Gasteiger partial charge is 0.103 e. The molecule has 5 heteroatoms. The Bertz CT molecular complexity index is 3880. The van der Waals surface area contributed by atoms with E-state index in [4.69, 9.17) is 6.58 Å². The summed E-state index contributed by atoms with van der Waals surface area (Å²) < 4.78 is 7.37. The summed E-state index contributed by atoms with van der Waals surface area (Å²) in [5, 5.41) is 19.3. The van der Waals surface area contributed by atoms with Crippen molar-refractivity contribution in [1.82, 2.24) is 18.6 Å². The highest BCUT2D eigenvalue weighted by Gasteiger charge is 2.44. The molecule has 1 aliphatic rings. The second-order valence-electron chi connectivity index (χ2n) is 18.9. The molecule has 11 rings (SSSR count). The number of nitrogens with zero attached hydrogens (tertiary/aromatic N) is 5. The third-order valence-corrected chi connectivity index (χ3v) is 15.2. The number of aromatic nitrogens is 3. The van der Waals surface area contributed by atoms with E-state index in [-0.39, 0.29) is 5.92 Å². The highest BCUT2D eigenvalue weighted by atomic mass is 15.2. The van der Waals surface area contributed by atoms with Crippen LogP contribution in [0.3, 0.4) is 0 Å². The van der Waals surface area contributed by atoms with E-state index in [9.17, 15) is 5.26 Å². The summed E-state index contributed by atoms with van der Waals surface area (Å²) in [7, 11) is 0. The topological polar surface area (TPSA) is 41.8 Å². The molecule has 2 atom stereocenters. The number of benzene rings is 7. The first-order chi connectivity index (χ1) is 34.2.